The largest absolute Gasteiger partial charge is 0.325 e. The first-order valence-electron chi connectivity index (χ1n) is 6.76. The Morgan fingerprint density at radius 2 is 1.95 bits per heavy atom. The van der Waals surface area contributed by atoms with Crippen molar-refractivity contribution in [2.75, 3.05) is 0 Å². The average Bonchev–Trinajstić information content (AvgIpc) is 3.23. The second-order valence-electron chi connectivity index (χ2n) is 4.83. The van der Waals surface area contributed by atoms with E-state index in [0.717, 1.165) is 37.5 Å². The van der Waals surface area contributed by atoms with Crippen molar-refractivity contribution in [3.8, 4) is 21.8 Å². The maximum Gasteiger partial charge on any atom is 0.195 e. The molecule has 3 heterocycles. The number of aromatic nitrogens is 2. The van der Waals surface area contributed by atoms with E-state index >= 15 is 0 Å². The van der Waals surface area contributed by atoms with Crippen molar-refractivity contribution in [3.05, 3.63) is 57.9 Å². The first kappa shape index (κ1) is 14.0. The lowest BCUT2D eigenvalue weighted by Gasteiger charge is -2.04. The molecular weight excluding hydrogens is 334 g/mol. The lowest BCUT2D eigenvalue weighted by atomic mass is 10.1. The molecule has 0 unspecified atom stereocenters. The molecule has 0 aliphatic carbocycles. The van der Waals surface area contributed by atoms with Crippen LogP contribution in [0.5, 0.6) is 0 Å². The molecule has 6 heteroatoms. The zero-order chi connectivity index (χ0) is 15.1. The van der Waals surface area contributed by atoms with E-state index in [2.05, 4.69) is 21.2 Å². The summed E-state index contributed by atoms with van der Waals surface area (Å²) in [7, 11) is 0. The highest BCUT2D eigenvalue weighted by Crippen LogP contribution is 2.34. The van der Waals surface area contributed by atoms with Crippen LogP contribution in [-0.4, -0.2) is 9.38 Å². The molecule has 2 N–H and O–H groups in total. The molecule has 0 aliphatic heterocycles. The van der Waals surface area contributed by atoms with Gasteiger partial charge in [-0.1, -0.05) is 29.8 Å². The molecule has 0 aliphatic rings. The fourth-order valence-electron chi connectivity index (χ4n) is 2.54. The lowest BCUT2D eigenvalue weighted by Crippen LogP contribution is -2.02. The van der Waals surface area contributed by atoms with Gasteiger partial charge in [-0.15, -0.1) is 22.7 Å². The van der Waals surface area contributed by atoms with Crippen molar-refractivity contribution in [2.45, 2.75) is 6.54 Å². The van der Waals surface area contributed by atoms with Crippen LogP contribution in [0.25, 0.3) is 26.8 Å². The van der Waals surface area contributed by atoms with Crippen LogP contribution in [-0.2, 0) is 6.54 Å². The first-order chi connectivity index (χ1) is 10.8. The van der Waals surface area contributed by atoms with E-state index in [1.807, 2.05) is 30.3 Å². The van der Waals surface area contributed by atoms with Crippen LogP contribution in [0.3, 0.4) is 0 Å². The van der Waals surface area contributed by atoms with Crippen LogP contribution in [0.2, 0.25) is 5.02 Å². The van der Waals surface area contributed by atoms with Crippen LogP contribution in [0, 0.1) is 0 Å². The second-order valence-corrected chi connectivity index (χ2v) is 7.06. The Morgan fingerprint density at radius 3 is 2.64 bits per heavy atom. The number of nitrogens with two attached hydrogens (primary N) is 1. The number of imidazole rings is 1. The molecule has 4 rings (SSSR count). The van der Waals surface area contributed by atoms with E-state index in [1.54, 1.807) is 22.7 Å². The van der Waals surface area contributed by atoms with Crippen molar-refractivity contribution < 1.29 is 0 Å². The summed E-state index contributed by atoms with van der Waals surface area (Å²) in [6, 6.07) is 12.0. The number of hydrogen-bond acceptors (Lipinski definition) is 4. The highest BCUT2D eigenvalue weighted by molar-refractivity contribution is 7.15. The zero-order valence-electron chi connectivity index (χ0n) is 11.5. The Hall–Kier alpha value is -1.66. The van der Waals surface area contributed by atoms with Gasteiger partial charge < -0.3 is 5.73 Å². The van der Waals surface area contributed by atoms with Crippen LogP contribution in [0.4, 0.5) is 0 Å². The monoisotopic (exact) mass is 345 g/mol. The number of thiazole rings is 1. The minimum absolute atomic E-state index is 0.450. The van der Waals surface area contributed by atoms with Crippen molar-refractivity contribution in [2.24, 2.45) is 5.73 Å². The summed E-state index contributed by atoms with van der Waals surface area (Å²) in [6.45, 7) is 0.450. The summed E-state index contributed by atoms with van der Waals surface area (Å²) in [5, 5.41) is 4.91. The molecule has 3 aromatic heterocycles. The predicted molar refractivity (Wildman–Crippen MR) is 94.7 cm³/mol. The Morgan fingerprint density at radius 1 is 1.14 bits per heavy atom. The summed E-state index contributed by atoms with van der Waals surface area (Å²) < 4.78 is 2.16. The fraction of sp³-hybridized carbons (Fsp3) is 0.0625. The van der Waals surface area contributed by atoms with Gasteiger partial charge in [-0.25, -0.2) is 4.98 Å². The predicted octanol–water partition coefficient (Wildman–Crippen LogP) is 4.90. The maximum absolute atomic E-state index is 6.02. The van der Waals surface area contributed by atoms with Crippen molar-refractivity contribution in [1.82, 2.24) is 9.38 Å². The fourth-order valence-corrected chi connectivity index (χ4v) is 4.32. The molecule has 0 saturated heterocycles. The van der Waals surface area contributed by atoms with Crippen LogP contribution in [0.1, 0.15) is 5.69 Å². The van der Waals surface area contributed by atoms with Crippen LogP contribution < -0.4 is 5.73 Å². The molecule has 110 valence electrons. The number of nitrogens with zero attached hydrogens (tertiary/aromatic N) is 2. The van der Waals surface area contributed by atoms with Gasteiger partial charge in [-0.3, -0.25) is 4.40 Å². The smallest absolute Gasteiger partial charge is 0.195 e. The van der Waals surface area contributed by atoms with Crippen LogP contribution in [0.15, 0.2) is 47.2 Å². The molecule has 0 radical (unpaired) electrons. The minimum atomic E-state index is 0.450. The maximum atomic E-state index is 6.02. The molecule has 0 atom stereocenters. The van der Waals surface area contributed by atoms with Gasteiger partial charge in [0.1, 0.15) is 5.69 Å². The lowest BCUT2D eigenvalue weighted by molar-refractivity contribution is 0.974. The molecule has 0 bridgehead atoms. The van der Waals surface area contributed by atoms with Crippen molar-refractivity contribution in [3.63, 3.8) is 0 Å². The van der Waals surface area contributed by atoms with Gasteiger partial charge >= 0.3 is 0 Å². The highest BCUT2D eigenvalue weighted by atomic mass is 35.5. The third-order valence-electron chi connectivity index (χ3n) is 3.55. The standard InChI is InChI=1S/C16H12ClN3S2/c17-11-5-3-10(4-6-11)13-9-22-16-19-15(12(8-18)20(13)16)14-2-1-7-21-14/h1-7,9H,8,18H2. The number of benzene rings is 1. The molecule has 0 saturated carbocycles. The number of thiophene rings is 1. The SMILES string of the molecule is NCc1c(-c2cccs2)nc2scc(-c3ccc(Cl)cc3)n12. The van der Waals surface area contributed by atoms with E-state index in [1.165, 1.54) is 0 Å². The first-order valence-corrected chi connectivity index (χ1v) is 8.90. The van der Waals surface area contributed by atoms with Crippen molar-refractivity contribution in [1.29, 1.82) is 0 Å². The Kier molecular flexibility index (Phi) is 3.50. The molecule has 1 aromatic carbocycles. The van der Waals surface area contributed by atoms with Gasteiger partial charge in [-0.05, 0) is 29.1 Å². The summed E-state index contributed by atoms with van der Waals surface area (Å²) >= 11 is 9.30. The van der Waals surface area contributed by atoms with Crippen molar-refractivity contribution >= 4 is 39.2 Å². The van der Waals surface area contributed by atoms with Crippen LogP contribution >= 0.6 is 34.3 Å². The Labute approximate surface area is 140 Å². The average molecular weight is 346 g/mol. The van der Waals surface area contributed by atoms with E-state index in [0.29, 0.717) is 6.54 Å². The molecule has 4 aromatic rings. The number of rotatable bonds is 3. The van der Waals surface area contributed by atoms with Gasteiger partial charge in [-0.2, -0.15) is 0 Å². The Balaban J connectivity index is 1.96. The Bertz CT molecular complexity index is 921. The van der Waals surface area contributed by atoms with Gasteiger partial charge in [0, 0.05) is 16.9 Å². The number of hydrogen-bond donors (Lipinski definition) is 1. The second kappa shape index (κ2) is 5.52. The molecule has 0 spiro atoms. The van der Waals surface area contributed by atoms with Gasteiger partial charge in [0.25, 0.3) is 0 Å². The molecule has 22 heavy (non-hydrogen) atoms. The normalized spacial score (nSPS) is 11.4. The number of halogens is 1. The van der Waals surface area contributed by atoms with E-state index < -0.39 is 0 Å². The third kappa shape index (κ3) is 2.18. The third-order valence-corrected chi connectivity index (χ3v) is 5.50. The number of fused-ring (bicyclic) bond motifs is 1. The molecule has 3 nitrogen and oxygen atoms in total. The summed E-state index contributed by atoms with van der Waals surface area (Å²) in [4.78, 5) is 6.89. The minimum Gasteiger partial charge on any atom is -0.325 e. The van der Waals surface area contributed by atoms with E-state index in [9.17, 15) is 0 Å². The molecule has 0 amide bonds. The highest BCUT2D eigenvalue weighted by Gasteiger charge is 2.18. The summed E-state index contributed by atoms with van der Waals surface area (Å²) in [5.74, 6) is 0. The zero-order valence-corrected chi connectivity index (χ0v) is 13.9. The van der Waals surface area contributed by atoms with E-state index in [4.69, 9.17) is 22.3 Å². The van der Waals surface area contributed by atoms with E-state index in [-0.39, 0.29) is 0 Å². The quantitative estimate of drug-likeness (QED) is 0.573. The summed E-state index contributed by atoms with van der Waals surface area (Å²) in [5.41, 5.74) is 10.3. The van der Waals surface area contributed by atoms with Gasteiger partial charge in [0.15, 0.2) is 4.96 Å². The van der Waals surface area contributed by atoms with Gasteiger partial charge in [0.2, 0.25) is 0 Å². The van der Waals surface area contributed by atoms with Gasteiger partial charge in [0.05, 0.1) is 16.3 Å². The topological polar surface area (TPSA) is 43.3 Å². The molecule has 0 fully saturated rings. The summed E-state index contributed by atoms with van der Waals surface area (Å²) in [6.07, 6.45) is 0. The molecular formula is C16H12ClN3S2.